The first-order chi connectivity index (χ1) is 9.19. The van der Waals surface area contributed by atoms with Gasteiger partial charge in [0.25, 0.3) is 0 Å². The van der Waals surface area contributed by atoms with Crippen LogP contribution in [-0.2, 0) is 0 Å². The minimum atomic E-state index is 0.414. The van der Waals surface area contributed by atoms with Gasteiger partial charge in [-0.25, -0.2) is 9.97 Å². The number of rotatable bonds is 2. The van der Waals surface area contributed by atoms with Crippen molar-refractivity contribution in [2.75, 3.05) is 23.9 Å². The van der Waals surface area contributed by atoms with Gasteiger partial charge < -0.3 is 5.32 Å². The van der Waals surface area contributed by atoms with Gasteiger partial charge in [-0.2, -0.15) is 11.8 Å². The molecule has 0 saturated carbocycles. The average molecular weight is 312 g/mol. The molecule has 1 saturated heterocycles. The van der Waals surface area contributed by atoms with Crippen LogP contribution in [0.4, 0.5) is 5.82 Å². The predicted molar refractivity (Wildman–Crippen MR) is 88.8 cm³/mol. The molecule has 1 N–H and O–H groups in total. The zero-order valence-electron chi connectivity index (χ0n) is 11.3. The normalized spacial score (nSPS) is 23.7. The van der Waals surface area contributed by atoms with Crippen LogP contribution in [0, 0.1) is 6.92 Å². The molecule has 19 heavy (non-hydrogen) atoms. The molecule has 6 heteroatoms. The minimum Gasteiger partial charge on any atom is -0.372 e. The van der Waals surface area contributed by atoms with Crippen LogP contribution in [0.2, 0.25) is 0 Å². The van der Waals surface area contributed by atoms with E-state index in [-0.39, 0.29) is 0 Å². The summed E-state index contributed by atoms with van der Waals surface area (Å²) in [6.45, 7) is 4.41. The summed E-state index contributed by atoms with van der Waals surface area (Å²) in [7, 11) is 1.94. The van der Waals surface area contributed by atoms with E-state index in [4.69, 9.17) is 9.97 Å². The molecule has 2 atom stereocenters. The van der Waals surface area contributed by atoms with Crippen LogP contribution < -0.4 is 5.32 Å². The highest BCUT2D eigenvalue weighted by molar-refractivity contribution is 8.06. The fraction of sp³-hybridized carbons (Fsp3) is 0.538. The summed E-state index contributed by atoms with van der Waals surface area (Å²) in [5.41, 5.74) is 0. The Bertz CT molecular complexity index is 596. The number of aromatic nitrogens is 2. The molecular formula is C13H17N3S3. The van der Waals surface area contributed by atoms with Gasteiger partial charge in [-0.05, 0) is 13.0 Å². The Hall–Kier alpha value is -0.460. The van der Waals surface area contributed by atoms with E-state index in [1.54, 1.807) is 11.3 Å². The first-order valence-electron chi connectivity index (χ1n) is 6.38. The number of thiophene rings is 1. The van der Waals surface area contributed by atoms with E-state index >= 15 is 0 Å². The maximum absolute atomic E-state index is 4.81. The molecule has 0 spiro atoms. The van der Waals surface area contributed by atoms with Crippen LogP contribution in [-0.4, -0.2) is 33.8 Å². The number of nitrogens with one attached hydrogen (secondary N) is 1. The molecule has 0 radical (unpaired) electrons. The lowest BCUT2D eigenvalue weighted by Gasteiger charge is -2.26. The molecule has 3 nitrogen and oxygen atoms in total. The molecule has 0 bridgehead atoms. The van der Waals surface area contributed by atoms with Crippen molar-refractivity contribution < 1.29 is 0 Å². The van der Waals surface area contributed by atoms with Gasteiger partial charge in [0, 0.05) is 28.7 Å². The van der Waals surface area contributed by atoms with Gasteiger partial charge in [0.2, 0.25) is 0 Å². The lowest BCUT2D eigenvalue weighted by molar-refractivity contribution is 0.835. The fourth-order valence-corrected chi connectivity index (χ4v) is 5.87. The monoisotopic (exact) mass is 311 g/mol. The summed E-state index contributed by atoms with van der Waals surface area (Å²) in [5, 5.41) is 5.36. The Kier molecular flexibility index (Phi) is 3.91. The highest BCUT2D eigenvalue weighted by atomic mass is 32.2. The van der Waals surface area contributed by atoms with Crippen molar-refractivity contribution in [3.8, 4) is 0 Å². The van der Waals surface area contributed by atoms with E-state index in [1.165, 1.54) is 16.4 Å². The first-order valence-corrected chi connectivity index (χ1v) is 9.29. The second-order valence-corrected chi connectivity index (χ2v) is 8.59. The highest BCUT2D eigenvalue weighted by Gasteiger charge is 2.27. The molecule has 1 fully saturated rings. The van der Waals surface area contributed by atoms with Gasteiger partial charge in [0.05, 0.1) is 10.6 Å². The van der Waals surface area contributed by atoms with Crippen molar-refractivity contribution in [3.05, 3.63) is 16.8 Å². The number of aryl methyl sites for hydroxylation is 1. The van der Waals surface area contributed by atoms with Crippen molar-refractivity contribution in [3.63, 3.8) is 0 Å². The lowest BCUT2D eigenvalue weighted by atomic mass is 10.3. The average Bonchev–Trinajstić information content (AvgIpc) is 2.78. The summed E-state index contributed by atoms with van der Waals surface area (Å²) < 4.78 is 0. The SMILES string of the molecule is CNc1nc(C2SCCSC2C)nc2sc(C)cc12. The van der Waals surface area contributed by atoms with Gasteiger partial charge in [0.1, 0.15) is 16.5 Å². The lowest BCUT2D eigenvalue weighted by Crippen LogP contribution is -2.18. The van der Waals surface area contributed by atoms with E-state index in [2.05, 4.69) is 25.2 Å². The minimum absolute atomic E-state index is 0.414. The molecule has 1 aliphatic heterocycles. The van der Waals surface area contributed by atoms with Gasteiger partial charge in [-0.3, -0.25) is 0 Å². The standard InChI is InChI=1S/C13H17N3S3/c1-7-6-9-11(14-3)15-12(16-13(9)19-7)10-8(2)17-4-5-18-10/h6,8,10H,4-5H2,1-3H3,(H,14,15,16). The molecule has 2 aromatic heterocycles. The van der Waals surface area contributed by atoms with E-state index in [9.17, 15) is 0 Å². The predicted octanol–water partition coefficient (Wildman–Crippen LogP) is 3.95. The first kappa shape index (κ1) is 13.5. The van der Waals surface area contributed by atoms with Crippen molar-refractivity contribution in [2.24, 2.45) is 0 Å². The smallest absolute Gasteiger partial charge is 0.146 e. The number of hydrogen-bond donors (Lipinski definition) is 1. The second kappa shape index (κ2) is 5.50. The number of anilines is 1. The van der Waals surface area contributed by atoms with Gasteiger partial charge in [0.15, 0.2) is 0 Å². The number of thioether (sulfide) groups is 2. The van der Waals surface area contributed by atoms with Gasteiger partial charge >= 0.3 is 0 Å². The molecule has 2 aromatic rings. The summed E-state index contributed by atoms with van der Waals surface area (Å²) in [6.07, 6.45) is 0. The fourth-order valence-electron chi connectivity index (χ4n) is 2.29. The Balaban J connectivity index is 2.08. The van der Waals surface area contributed by atoms with Crippen LogP contribution in [0.3, 0.4) is 0 Å². The Labute approximate surface area is 126 Å². The molecule has 2 unspecified atom stereocenters. The summed E-state index contributed by atoms with van der Waals surface area (Å²) in [4.78, 5) is 12.0. The second-order valence-electron chi connectivity index (χ2n) is 4.62. The maximum Gasteiger partial charge on any atom is 0.146 e. The molecule has 3 rings (SSSR count). The molecule has 0 amide bonds. The van der Waals surface area contributed by atoms with Crippen LogP contribution >= 0.6 is 34.9 Å². The Morgan fingerprint density at radius 3 is 2.79 bits per heavy atom. The van der Waals surface area contributed by atoms with E-state index in [1.807, 2.05) is 30.6 Å². The summed E-state index contributed by atoms with van der Waals surface area (Å²) >= 11 is 5.77. The van der Waals surface area contributed by atoms with Crippen LogP contribution in [0.1, 0.15) is 22.9 Å². The topological polar surface area (TPSA) is 37.8 Å². The highest BCUT2D eigenvalue weighted by Crippen LogP contribution is 2.42. The van der Waals surface area contributed by atoms with Gasteiger partial charge in [-0.1, -0.05) is 6.92 Å². The van der Waals surface area contributed by atoms with Gasteiger partial charge in [-0.15, -0.1) is 23.1 Å². The third kappa shape index (κ3) is 2.58. The van der Waals surface area contributed by atoms with E-state index < -0.39 is 0 Å². The summed E-state index contributed by atoms with van der Waals surface area (Å²) in [5.74, 6) is 4.39. The van der Waals surface area contributed by atoms with Crippen molar-refractivity contribution in [1.82, 2.24) is 9.97 Å². The van der Waals surface area contributed by atoms with E-state index in [0.717, 1.165) is 21.9 Å². The maximum atomic E-state index is 4.81. The zero-order chi connectivity index (χ0) is 13.4. The zero-order valence-corrected chi connectivity index (χ0v) is 13.7. The largest absolute Gasteiger partial charge is 0.372 e. The summed E-state index contributed by atoms with van der Waals surface area (Å²) in [6, 6.07) is 2.17. The Morgan fingerprint density at radius 2 is 2.05 bits per heavy atom. The third-order valence-corrected chi connectivity index (χ3v) is 7.24. The molecule has 0 aromatic carbocycles. The molecule has 0 aliphatic carbocycles. The number of nitrogens with zero attached hydrogens (tertiary/aromatic N) is 2. The Morgan fingerprint density at radius 1 is 1.26 bits per heavy atom. The molecular weight excluding hydrogens is 294 g/mol. The van der Waals surface area contributed by atoms with Crippen molar-refractivity contribution in [2.45, 2.75) is 24.3 Å². The van der Waals surface area contributed by atoms with Crippen LogP contribution in [0.5, 0.6) is 0 Å². The van der Waals surface area contributed by atoms with E-state index in [0.29, 0.717) is 10.5 Å². The molecule has 102 valence electrons. The molecule has 1 aliphatic rings. The van der Waals surface area contributed by atoms with Crippen LogP contribution in [0.15, 0.2) is 6.07 Å². The number of hydrogen-bond acceptors (Lipinski definition) is 6. The third-order valence-electron chi connectivity index (χ3n) is 3.21. The van der Waals surface area contributed by atoms with Crippen molar-refractivity contribution >= 4 is 50.9 Å². The molecule has 3 heterocycles. The van der Waals surface area contributed by atoms with Crippen LogP contribution in [0.25, 0.3) is 10.2 Å². The van der Waals surface area contributed by atoms with Crippen molar-refractivity contribution in [1.29, 1.82) is 0 Å². The quantitative estimate of drug-likeness (QED) is 0.909. The number of fused-ring (bicyclic) bond motifs is 1.